The zero-order chi connectivity index (χ0) is 21.7. The summed E-state index contributed by atoms with van der Waals surface area (Å²) in [5, 5.41) is 2.59. The van der Waals surface area contributed by atoms with Gasteiger partial charge in [0.15, 0.2) is 11.4 Å². The zero-order valence-corrected chi connectivity index (χ0v) is 15.6. The third-order valence-corrected chi connectivity index (χ3v) is 3.75. The van der Waals surface area contributed by atoms with Crippen molar-refractivity contribution in [2.45, 2.75) is 13.1 Å². The van der Waals surface area contributed by atoms with E-state index < -0.39 is 23.6 Å². The highest BCUT2D eigenvalue weighted by atomic mass is 19.4. The highest BCUT2D eigenvalue weighted by Gasteiger charge is 2.30. The van der Waals surface area contributed by atoms with Crippen LogP contribution in [0.25, 0.3) is 0 Å². The van der Waals surface area contributed by atoms with Crippen LogP contribution in [0.5, 0.6) is 17.2 Å². The number of ether oxygens (including phenoxy) is 2. The topological polar surface area (TPSA) is 77.5 Å². The highest BCUT2D eigenvalue weighted by molar-refractivity contribution is 6.05. The summed E-state index contributed by atoms with van der Waals surface area (Å²) in [4.78, 5) is 27.5. The van der Waals surface area contributed by atoms with Crippen LogP contribution in [0.15, 0.2) is 66.9 Å². The minimum atomic E-state index is -4.47. The van der Waals surface area contributed by atoms with E-state index >= 15 is 0 Å². The van der Waals surface area contributed by atoms with Gasteiger partial charge in [-0.3, -0.25) is 9.59 Å². The van der Waals surface area contributed by atoms with Crippen molar-refractivity contribution >= 4 is 17.6 Å². The number of hydrogen-bond acceptors (Lipinski definition) is 5. The number of hydrogen-bond donors (Lipinski definition) is 1. The first-order valence-electron chi connectivity index (χ1n) is 8.62. The quantitative estimate of drug-likeness (QED) is 0.588. The van der Waals surface area contributed by atoms with Gasteiger partial charge in [0.1, 0.15) is 11.5 Å². The third kappa shape index (κ3) is 5.34. The Bertz CT molecular complexity index is 1070. The van der Waals surface area contributed by atoms with Crippen molar-refractivity contribution in [3.05, 3.63) is 78.1 Å². The predicted octanol–water partition coefficient (Wildman–Crippen LogP) is 5.07. The molecular formula is C21H15F3N2O4. The first-order valence-corrected chi connectivity index (χ1v) is 8.62. The summed E-state index contributed by atoms with van der Waals surface area (Å²) >= 11 is 0. The number of carbonyl (C=O) groups excluding carboxylic acids is 2. The molecule has 1 amide bonds. The Morgan fingerprint density at radius 1 is 0.967 bits per heavy atom. The molecule has 0 aliphatic heterocycles. The van der Waals surface area contributed by atoms with Crippen LogP contribution in [0.1, 0.15) is 23.0 Å². The largest absolute Gasteiger partial charge is 0.457 e. The number of halogens is 3. The van der Waals surface area contributed by atoms with Gasteiger partial charge in [0.05, 0.1) is 5.56 Å². The van der Waals surface area contributed by atoms with E-state index in [-0.39, 0.29) is 22.9 Å². The van der Waals surface area contributed by atoms with Gasteiger partial charge in [-0.1, -0.05) is 6.07 Å². The zero-order valence-electron chi connectivity index (χ0n) is 15.6. The lowest BCUT2D eigenvalue weighted by Gasteiger charge is -2.11. The molecule has 9 heteroatoms. The molecule has 0 unspecified atom stereocenters. The molecule has 0 atom stereocenters. The number of aromatic nitrogens is 1. The number of anilines is 1. The maximum Gasteiger partial charge on any atom is 0.416 e. The normalized spacial score (nSPS) is 10.9. The molecular weight excluding hydrogens is 401 g/mol. The number of pyridine rings is 1. The number of benzene rings is 2. The lowest BCUT2D eigenvalue weighted by Crippen LogP contribution is -2.16. The Balaban J connectivity index is 1.70. The molecule has 0 saturated heterocycles. The van der Waals surface area contributed by atoms with Crippen molar-refractivity contribution in [1.29, 1.82) is 0 Å². The number of esters is 1. The second-order valence-electron chi connectivity index (χ2n) is 6.05. The molecule has 154 valence electrons. The van der Waals surface area contributed by atoms with Crippen LogP contribution < -0.4 is 14.8 Å². The van der Waals surface area contributed by atoms with E-state index in [1.807, 2.05) is 0 Å². The van der Waals surface area contributed by atoms with Crippen molar-refractivity contribution in [2.24, 2.45) is 0 Å². The minimum absolute atomic E-state index is 0.0204. The van der Waals surface area contributed by atoms with Crippen LogP contribution in [0.3, 0.4) is 0 Å². The van der Waals surface area contributed by atoms with Crippen LogP contribution in [0, 0.1) is 0 Å². The third-order valence-electron chi connectivity index (χ3n) is 3.75. The first-order chi connectivity index (χ1) is 14.2. The van der Waals surface area contributed by atoms with Crippen LogP contribution >= 0.6 is 0 Å². The predicted molar refractivity (Wildman–Crippen MR) is 101 cm³/mol. The van der Waals surface area contributed by atoms with Gasteiger partial charge in [-0.05, 0) is 54.6 Å². The molecule has 3 rings (SSSR count). The van der Waals surface area contributed by atoms with Crippen LogP contribution in [0.2, 0.25) is 0 Å². The average molecular weight is 416 g/mol. The van der Waals surface area contributed by atoms with Crippen molar-refractivity contribution in [1.82, 2.24) is 4.98 Å². The van der Waals surface area contributed by atoms with E-state index in [9.17, 15) is 22.8 Å². The van der Waals surface area contributed by atoms with E-state index in [1.165, 1.54) is 61.7 Å². The molecule has 6 nitrogen and oxygen atoms in total. The lowest BCUT2D eigenvalue weighted by atomic mass is 10.2. The molecule has 0 spiro atoms. The number of rotatable bonds is 5. The van der Waals surface area contributed by atoms with Crippen LogP contribution in [0.4, 0.5) is 18.9 Å². The molecule has 0 aliphatic rings. The van der Waals surface area contributed by atoms with E-state index in [0.717, 1.165) is 12.1 Å². The van der Waals surface area contributed by atoms with Gasteiger partial charge < -0.3 is 14.8 Å². The Labute approximate surface area is 169 Å². The summed E-state index contributed by atoms with van der Waals surface area (Å²) in [5.41, 5.74) is -0.504. The average Bonchev–Trinajstić information content (AvgIpc) is 2.69. The van der Waals surface area contributed by atoms with Crippen molar-refractivity contribution in [3.63, 3.8) is 0 Å². The molecule has 0 saturated carbocycles. The van der Waals surface area contributed by atoms with Gasteiger partial charge in [0.25, 0.3) is 5.91 Å². The van der Waals surface area contributed by atoms with Gasteiger partial charge >= 0.3 is 12.1 Å². The fourth-order valence-electron chi connectivity index (χ4n) is 2.47. The molecule has 3 aromatic rings. The summed E-state index contributed by atoms with van der Waals surface area (Å²) in [6.45, 7) is 1.21. The molecule has 1 aromatic heterocycles. The summed E-state index contributed by atoms with van der Waals surface area (Å²) in [6, 6.07) is 13.5. The lowest BCUT2D eigenvalue weighted by molar-refractivity contribution is -0.137. The van der Waals surface area contributed by atoms with E-state index in [2.05, 4.69) is 10.3 Å². The molecule has 2 aromatic carbocycles. The smallest absolute Gasteiger partial charge is 0.416 e. The van der Waals surface area contributed by atoms with Gasteiger partial charge in [0, 0.05) is 18.8 Å². The minimum Gasteiger partial charge on any atom is -0.457 e. The Hall–Kier alpha value is -3.88. The van der Waals surface area contributed by atoms with Gasteiger partial charge in [-0.2, -0.15) is 13.2 Å². The highest BCUT2D eigenvalue weighted by Crippen LogP contribution is 2.33. The maximum absolute atomic E-state index is 12.8. The van der Waals surface area contributed by atoms with E-state index in [1.54, 1.807) is 0 Å². The fourth-order valence-corrected chi connectivity index (χ4v) is 2.47. The number of carbonyl (C=O) groups is 2. The Morgan fingerprint density at radius 2 is 1.70 bits per heavy atom. The SMILES string of the molecule is CC(=O)Oc1cccnc1C(=O)Nc1ccc(Oc2cccc(C(F)(F)F)c2)cc1. The Kier molecular flexibility index (Phi) is 6.01. The van der Waals surface area contributed by atoms with Gasteiger partial charge in [0.2, 0.25) is 0 Å². The molecule has 1 heterocycles. The van der Waals surface area contributed by atoms with Crippen molar-refractivity contribution in [3.8, 4) is 17.2 Å². The van der Waals surface area contributed by atoms with Gasteiger partial charge in [-0.25, -0.2) is 4.98 Å². The molecule has 1 N–H and O–H groups in total. The second-order valence-corrected chi connectivity index (χ2v) is 6.05. The van der Waals surface area contributed by atoms with Crippen LogP contribution in [-0.2, 0) is 11.0 Å². The van der Waals surface area contributed by atoms with Crippen LogP contribution in [-0.4, -0.2) is 16.9 Å². The standard InChI is InChI=1S/C21H15F3N2O4/c1-13(27)29-18-6-3-11-25-19(18)20(28)26-15-7-9-16(10-8-15)30-17-5-2-4-14(12-17)21(22,23)24/h2-12H,1H3,(H,26,28). The molecule has 0 radical (unpaired) electrons. The summed E-state index contributed by atoms with van der Waals surface area (Å²) in [5.74, 6) is -0.856. The van der Waals surface area contributed by atoms with Crippen molar-refractivity contribution in [2.75, 3.05) is 5.32 Å². The summed E-state index contributed by atoms with van der Waals surface area (Å²) in [6.07, 6.45) is -3.09. The fraction of sp³-hybridized carbons (Fsp3) is 0.0952. The Morgan fingerprint density at radius 3 is 2.37 bits per heavy atom. The number of nitrogens with one attached hydrogen (secondary N) is 1. The second kappa shape index (κ2) is 8.64. The maximum atomic E-state index is 12.8. The monoisotopic (exact) mass is 416 g/mol. The molecule has 30 heavy (non-hydrogen) atoms. The number of amides is 1. The molecule has 0 bridgehead atoms. The van der Waals surface area contributed by atoms with E-state index in [0.29, 0.717) is 5.69 Å². The number of alkyl halides is 3. The van der Waals surface area contributed by atoms with Crippen molar-refractivity contribution < 1.29 is 32.2 Å². The molecule has 0 aliphatic carbocycles. The first kappa shape index (κ1) is 20.8. The summed E-state index contributed by atoms with van der Waals surface area (Å²) < 4.78 is 48.8. The van der Waals surface area contributed by atoms with E-state index in [4.69, 9.17) is 9.47 Å². The summed E-state index contributed by atoms with van der Waals surface area (Å²) in [7, 11) is 0. The molecule has 0 fully saturated rings. The number of nitrogens with zero attached hydrogens (tertiary/aromatic N) is 1. The van der Waals surface area contributed by atoms with Gasteiger partial charge in [-0.15, -0.1) is 0 Å².